The lowest BCUT2D eigenvalue weighted by Crippen LogP contribution is -2.21. The molecule has 1 rings (SSSR count). The minimum atomic E-state index is -0.520. The molecule has 0 saturated heterocycles. The van der Waals surface area contributed by atoms with Crippen molar-refractivity contribution in [1.29, 1.82) is 0 Å². The van der Waals surface area contributed by atoms with E-state index in [2.05, 4.69) is 24.5 Å². The smallest absolute Gasteiger partial charge is 0.0847 e. The van der Waals surface area contributed by atoms with Crippen molar-refractivity contribution >= 4 is 23.0 Å². The summed E-state index contributed by atoms with van der Waals surface area (Å²) < 4.78 is 0. The Bertz CT molecular complexity index is 318. The molecule has 0 aliphatic rings. The Balaban J connectivity index is 2.63. The van der Waals surface area contributed by atoms with Crippen molar-refractivity contribution in [2.24, 2.45) is 0 Å². The van der Waals surface area contributed by atoms with Crippen LogP contribution in [0, 0.1) is 0 Å². The average molecular weight is 243 g/mol. The minimum Gasteiger partial charge on any atom is -0.390 e. The third-order valence-corrected chi connectivity index (χ3v) is 2.43. The van der Waals surface area contributed by atoms with Gasteiger partial charge in [0, 0.05) is 12.6 Å². The number of nitrogens with one attached hydrogen (secondary N) is 2. The number of halogens is 1. The standard InChI is InChI=1S/C12H19ClN2O/c1-9(2)15-12-6-4-3-5-11(12)14-8-10(16)7-13/h3-6,9-10,14-16H,7-8H2,1-2H3. The lowest BCUT2D eigenvalue weighted by atomic mass is 10.2. The van der Waals surface area contributed by atoms with Gasteiger partial charge in [-0.2, -0.15) is 0 Å². The zero-order valence-electron chi connectivity index (χ0n) is 9.70. The number of hydrogen-bond donors (Lipinski definition) is 3. The number of aliphatic hydroxyl groups is 1. The van der Waals surface area contributed by atoms with E-state index in [0.717, 1.165) is 11.4 Å². The normalized spacial score (nSPS) is 12.6. The second-order valence-electron chi connectivity index (χ2n) is 4.03. The molecule has 1 aromatic rings. The number of para-hydroxylation sites is 2. The number of benzene rings is 1. The molecule has 1 aromatic carbocycles. The first-order chi connectivity index (χ1) is 7.63. The van der Waals surface area contributed by atoms with Crippen LogP contribution >= 0.6 is 11.6 Å². The molecule has 0 aliphatic heterocycles. The van der Waals surface area contributed by atoms with Gasteiger partial charge in [-0.3, -0.25) is 0 Å². The van der Waals surface area contributed by atoms with Crippen molar-refractivity contribution in [1.82, 2.24) is 0 Å². The molecular weight excluding hydrogens is 224 g/mol. The van der Waals surface area contributed by atoms with E-state index < -0.39 is 6.10 Å². The van der Waals surface area contributed by atoms with Crippen LogP contribution < -0.4 is 10.6 Å². The molecule has 0 fully saturated rings. The van der Waals surface area contributed by atoms with Gasteiger partial charge in [-0.1, -0.05) is 12.1 Å². The summed E-state index contributed by atoms with van der Waals surface area (Å²) in [5.74, 6) is 0.243. The van der Waals surface area contributed by atoms with Gasteiger partial charge in [0.25, 0.3) is 0 Å². The molecule has 0 heterocycles. The van der Waals surface area contributed by atoms with Crippen molar-refractivity contribution < 1.29 is 5.11 Å². The molecule has 0 saturated carbocycles. The third-order valence-electron chi connectivity index (χ3n) is 2.08. The summed E-state index contributed by atoms with van der Waals surface area (Å²) in [6.07, 6.45) is -0.520. The van der Waals surface area contributed by atoms with E-state index >= 15 is 0 Å². The van der Waals surface area contributed by atoms with Crippen LogP contribution in [-0.4, -0.2) is 29.7 Å². The Kier molecular flexibility index (Phi) is 5.43. The maximum Gasteiger partial charge on any atom is 0.0847 e. The van der Waals surface area contributed by atoms with Crippen LogP contribution in [0.4, 0.5) is 11.4 Å². The number of aliphatic hydroxyl groups excluding tert-OH is 1. The quantitative estimate of drug-likeness (QED) is 0.672. The van der Waals surface area contributed by atoms with Crippen molar-refractivity contribution in [3.63, 3.8) is 0 Å². The van der Waals surface area contributed by atoms with Crippen LogP contribution in [0.1, 0.15) is 13.8 Å². The van der Waals surface area contributed by atoms with E-state index in [4.69, 9.17) is 11.6 Å². The summed E-state index contributed by atoms with van der Waals surface area (Å²) >= 11 is 5.54. The Morgan fingerprint density at radius 1 is 1.25 bits per heavy atom. The molecule has 0 spiro atoms. The Hall–Kier alpha value is -0.930. The zero-order valence-corrected chi connectivity index (χ0v) is 10.5. The summed E-state index contributed by atoms with van der Waals surface area (Å²) in [5.41, 5.74) is 2.03. The maximum absolute atomic E-state index is 9.38. The highest BCUT2D eigenvalue weighted by molar-refractivity contribution is 6.18. The highest BCUT2D eigenvalue weighted by Crippen LogP contribution is 2.21. The van der Waals surface area contributed by atoms with E-state index in [9.17, 15) is 5.11 Å². The molecule has 3 N–H and O–H groups in total. The number of anilines is 2. The van der Waals surface area contributed by atoms with Crippen LogP contribution in [-0.2, 0) is 0 Å². The third kappa shape index (κ3) is 4.29. The van der Waals surface area contributed by atoms with Gasteiger partial charge in [-0.25, -0.2) is 0 Å². The van der Waals surface area contributed by atoms with E-state index in [1.807, 2.05) is 24.3 Å². The Labute approximate surface area is 102 Å². The van der Waals surface area contributed by atoms with E-state index in [1.54, 1.807) is 0 Å². The lowest BCUT2D eigenvalue weighted by Gasteiger charge is -2.17. The molecule has 0 bridgehead atoms. The zero-order chi connectivity index (χ0) is 12.0. The monoisotopic (exact) mass is 242 g/mol. The van der Waals surface area contributed by atoms with Gasteiger partial charge in [-0.15, -0.1) is 11.6 Å². The topological polar surface area (TPSA) is 44.3 Å². The van der Waals surface area contributed by atoms with Crippen molar-refractivity contribution in [2.45, 2.75) is 26.0 Å². The van der Waals surface area contributed by atoms with Crippen LogP contribution in [0.3, 0.4) is 0 Å². The lowest BCUT2D eigenvalue weighted by molar-refractivity contribution is 0.211. The second kappa shape index (κ2) is 6.61. The SMILES string of the molecule is CC(C)Nc1ccccc1NCC(O)CCl. The van der Waals surface area contributed by atoms with Crippen LogP contribution in [0.15, 0.2) is 24.3 Å². The first-order valence-corrected chi connectivity index (χ1v) is 6.00. The van der Waals surface area contributed by atoms with Gasteiger partial charge in [0.1, 0.15) is 0 Å². The molecule has 1 atom stereocenters. The van der Waals surface area contributed by atoms with Crippen molar-refractivity contribution in [2.75, 3.05) is 23.1 Å². The van der Waals surface area contributed by atoms with E-state index in [1.165, 1.54) is 0 Å². The average Bonchev–Trinajstić information content (AvgIpc) is 2.26. The highest BCUT2D eigenvalue weighted by Gasteiger charge is 2.05. The van der Waals surface area contributed by atoms with Crippen molar-refractivity contribution in [3.8, 4) is 0 Å². The van der Waals surface area contributed by atoms with Crippen LogP contribution in [0.2, 0.25) is 0 Å². The van der Waals surface area contributed by atoms with E-state index in [-0.39, 0.29) is 5.88 Å². The molecule has 0 aliphatic carbocycles. The summed E-state index contributed by atoms with van der Waals surface area (Å²) in [4.78, 5) is 0. The van der Waals surface area contributed by atoms with Gasteiger partial charge in [0.05, 0.1) is 23.4 Å². The predicted octanol–water partition coefficient (Wildman–Crippen LogP) is 2.52. The number of rotatable bonds is 6. The van der Waals surface area contributed by atoms with Gasteiger partial charge in [0.15, 0.2) is 0 Å². The predicted molar refractivity (Wildman–Crippen MR) is 70.4 cm³/mol. The number of hydrogen-bond acceptors (Lipinski definition) is 3. The molecule has 3 nitrogen and oxygen atoms in total. The summed E-state index contributed by atoms with van der Waals surface area (Å²) in [6.45, 7) is 4.63. The van der Waals surface area contributed by atoms with E-state index in [0.29, 0.717) is 12.6 Å². The minimum absolute atomic E-state index is 0.243. The van der Waals surface area contributed by atoms with Crippen molar-refractivity contribution in [3.05, 3.63) is 24.3 Å². The molecular formula is C12H19ClN2O. The molecule has 0 radical (unpaired) electrons. The van der Waals surface area contributed by atoms with Crippen LogP contribution in [0.25, 0.3) is 0 Å². The fourth-order valence-electron chi connectivity index (χ4n) is 1.36. The first kappa shape index (κ1) is 13.1. The highest BCUT2D eigenvalue weighted by atomic mass is 35.5. The van der Waals surface area contributed by atoms with Gasteiger partial charge in [-0.05, 0) is 26.0 Å². The van der Waals surface area contributed by atoms with Gasteiger partial charge >= 0.3 is 0 Å². The number of alkyl halides is 1. The fourth-order valence-corrected chi connectivity index (χ4v) is 1.47. The summed E-state index contributed by atoms with van der Waals surface area (Å²) in [5, 5.41) is 15.9. The molecule has 16 heavy (non-hydrogen) atoms. The Morgan fingerprint density at radius 3 is 2.44 bits per heavy atom. The maximum atomic E-state index is 9.38. The second-order valence-corrected chi connectivity index (χ2v) is 4.34. The summed E-state index contributed by atoms with van der Waals surface area (Å²) in [6, 6.07) is 8.30. The van der Waals surface area contributed by atoms with Gasteiger partial charge in [0.2, 0.25) is 0 Å². The Morgan fingerprint density at radius 2 is 1.88 bits per heavy atom. The van der Waals surface area contributed by atoms with Gasteiger partial charge < -0.3 is 15.7 Å². The first-order valence-electron chi connectivity index (χ1n) is 5.47. The molecule has 4 heteroatoms. The fraction of sp³-hybridized carbons (Fsp3) is 0.500. The molecule has 0 amide bonds. The largest absolute Gasteiger partial charge is 0.390 e. The molecule has 0 aromatic heterocycles. The molecule has 90 valence electrons. The van der Waals surface area contributed by atoms with Crippen LogP contribution in [0.5, 0.6) is 0 Å². The summed E-state index contributed by atoms with van der Waals surface area (Å²) in [7, 11) is 0. The molecule has 1 unspecified atom stereocenters.